The van der Waals surface area contributed by atoms with E-state index in [-0.39, 0.29) is 23.8 Å². The number of rotatable bonds is 8. The molecule has 0 atom stereocenters. The van der Waals surface area contributed by atoms with Crippen molar-refractivity contribution in [3.63, 3.8) is 0 Å². The van der Waals surface area contributed by atoms with Gasteiger partial charge in [0.25, 0.3) is 0 Å². The number of azo groups is 1. The molecule has 0 unspecified atom stereocenters. The third-order valence-electron chi connectivity index (χ3n) is 11.7. The molecule has 7 aliphatic rings. The van der Waals surface area contributed by atoms with Crippen LogP contribution in [0.4, 0.5) is 39.8 Å². The molecule has 344 valence electrons. The van der Waals surface area contributed by atoms with Crippen LogP contribution >= 0.6 is 0 Å². The van der Waals surface area contributed by atoms with Crippen LogP contribution in [0.3, 0.4) is 0 Å². The number of hydrogen-bond donors (Lipinski definition) is 4. The molecule has 13 rings (SSSR count). The van der Waals surface area contributed by atoms with Gasteiger partial charge in [0, 0.05) is 64.6 Å². The van der Waals surface area contributed by atoms with Crippen LogP contribution in [-0.2, 0) is 27.7 Å². The molecule has 7 aliphatic heterocycles. The summed E-state index contributed by atoms with van der Waals surface area (Å²) in [6.45, 7) is 2.37. The van der Waals surface area contributed by atoms with E-state index in [1.54, 1.807) is 32.1 Å². The van der Waals surface area contributed by atoms with Gasteiger partial charge < -0.3 is 24.8 Å². The van der Waals surface area contributed by atoms with Gasteiger partial charge in [-0.1, -0.05) is 48.5 Å². The Morgan fingerprint density at radius 1 is 0.530 bits per heavy atom. The highest BCUT2D eigenvalue weighted by Crippen LogP contribution is 2.25. The van der Waals surface area contributed by atoms with Gasteiger partial charge in [-0.3, -0.25) is 4.79 Å². The molecule has 0 aromatic heterocycles. The SMILES string of the molecule is CN(C)c1ccc(N=Nc2ccc(S(=O)(=O)NCCC(=O)N3CCCCN(N)c4ccc(cc4)Cc4ccc(cc4)N(N)CCCCN(N)c4ccc(cc4)Cc4ccc3cc4)cc2)cc1. The van der Waals surface area contributed by atoms with Crippen LogP contribution < -0.4 is 47.1 Å². The Kier molecular flexibility index (Phi) is 16.2. The molecular weight excluding hydrogens is 847 g/mol. The van der Waals surface area contributed by atoms with Crippen molar-refractivity contribution in [3.05, 3.63) is 168 Å². The van der Waals surface area contributed by atoms with Crippen molar-refractivity contribution in [1.29, 1.82) is 0 Å². The first-order valence-electron chi connectivity index (χ1n) is 22.4. The molecule has 0 spiro atoms. The number of carbonyl (C=O) groups is 1. The third-order valence-corrected chi connectivity index (χ3v) is 13.2. The second-order valence-corrected chi connectivity index (χ2v) is 18.6. The molecule has 7 N–H and O–H groups in total. The van der Waals surface area contributed by atoms with E-state index >= 15 is 0 Å². The molecule has 0 radical (unpaired) electrons. The summed E-state index contributed by atoms with van der Waals surface area (Å²) in [5.74, 6) is 19.2. The van der Waals surface area contributed by atoms with Gasteiger partial charge in [0.1, 0.15) is 0 Å². The Morgan fingerprint density at radius 3 is 1.29 bits per heavy atom. The van der Waals surface area contributed by atoms with E-state index in [9.17, 15) is 13.2 Å². The Morgan fingerprint density at radius 2 is 0.894 bits per heavy atom. The summed E-state index contributed by atoms with van der Waals surface area (Å²) in [5, 5.41) is 13.8. The van der Waals surface area contributed by atoms with Crippen molar-refractivity contribution in [2.75, 3.05) is 71.6 Å². The normalized spacial score (nSPS) is 14.6. The predicted octanol–water partition coefficient (Wildman–Crippen LogP) is 8.37. The predicted molar refractivity (Wildman–Crippen MR) is 268 cm³/mol. The fraction of sp³-hybridized carbons (Fsp3) is 0.275. The highest BCUT2D eigenvalue weighted by Gasteiger charge is 2.19. The maximum atomic E-state index is 13.9. The summed E-state index contributed by atoms with van der Waals surface area (Å²) in [6.07, 6.45) is 4.64. The lowest BCUT2D eigenvalue weighted by Crippen LogP contribution is -2.36. The first-order chi connectivity index (χ1) is 31.9. The first-order valence-corrected chi connectivity index (χ1v) is 23.9. The van der Waals surface area contributed by atoms with Crippen LogP contribution in [0.2, 0.25) is 0 Å². The zero-order chi connectivity index (χ0) is 46.5. The molecule has 7 heterocycles. The first kappa shape index (κ1) is 47.3. The Hall–Kier alpha value is -6.62. The summed E-state index contributed by atoms with van der Waals surface area (Å²) >= 11 is 0. The molecule has 6 aromatic carbocycles. The van der Waals surface area contributed by atoms with Crippen molar-refractivity contribution >= 4 is 55.7 Å². The van der Waals surface area contributed by atoms with Gasteiger partial charge >= 0.3 is 0 Å². The van der Waals surface area contributed by atoms with E-state index in [1.165, 1.54) is 23.3 Å². The quantitative estimate of drug-likeness (QED) is 0.0856. The summed E-state index contributed by atoms with van der Waals surface area (Å²) in [6, 6.07) is 46.7. The van der Waals surface area contributed by atoms with Crippen molar-refractivity contribution in [1.82, 2.24) is 4.72 Å². The number of benzene rings is 6. The lowest BCUT2D eigenvalue weighted by atomic mass is 10.0. The van der Waals surface area contributed by atoms with E-state index in [0.29, 0.717) is 43.9 Å². The largest absolute Gasteiger partial charge is 0.378 e. The molecule has 0 saturated heterocycles. The van der Waals surface area contributed by atoms with E-state index in [2.05, 4.69) is 63.5 Å². The van der Waals surface area contributed by atoms with Crippen molar-refractivity contribution < 1.29 is 13.2 Å². The second kappa shape index (κ2) is 22.5. The van der Waals surface area contributed by atoms with Crippen molar-refractivity contribution in [3.8, 4) is 0 Å². The number of nitrogens with zero attached hydrogens (tertiary/aromatic N) is 7. The molecule has 6 aromatic rings. The Labute approximate surface area is 389 Å². The van der Waals surface area contributed by atoms with Crippen LogP contribution in [0.5, 0.6) is 0 Å². The fourth-order valence-electron chi connectivity index (χ4n) is 7.72. The van der Waals surface area contributed by atoms with Crippen LogP contribution in [0.25, 0.3) is 0 Å². The zero-order valence-corrected chi connectivity index (χ0v) is 38.7. The third kappa shape index (κ3) is 13.2. The van der Waals surface area contributed by atoms with Gasteiger partial charge in [-0.15, -0.1) is 0 Å². The number of amides is 1. The van der Waals surface area contributed by atoms with Crippen LogP contribution in [0, 0.1) is 0 Å². The minimum absolute atomic E-state index is 0.0324. The van der Waals surface area contributed by atoms with Gasteiger partial charge in [0.15, 0.2) is 0 Å². The number of anilines is 5. The number of sulfonamides is 1. The van der Waals surface area contributed by atoms with Gasteiger partial charge in [-0.2, -0.15) is 10.2 Å². The second-order valence-electron chi connectivity index (χ2n) is 16.8. The maximum Gasteiger partial charge on any atom is 0.240 e. The van der Waals surface area contributed by atoms with Crippen LogP contribution in [0.15, 0.2) is 161 Å². The average molecular weight is 908 g/mol. The number of carbonyl (C=O) groups excluding carboxylic acids is 1. The van der Waals surface area contributed by atoms with Crippen LogP contribution in [0.1, 0.15) is 54.4 Å². The number of hydrogen-bond acceptors (Lipinski definition) is 12. The molecule has 0 saturated carbocycles. The average Bonchev–Trinajstić information content (AvgIpc) is 3.33. The Bertz CT molecular complexity index is 2610. The molecule has 1 amide bonds. The van der Waals surface area contributed by atoms with E-state index in [4.69, 9.17) is 17.5 Å². The minimum Gasteiger partial charge on any atom is -0.378 e. The summed E-state index contributed by atoms with van der Waals surface area (Å²) in [4.78, 5) is 17.7. The van der Waals surface area contributed by atoms with Crippen LogP contribution in [-0.4, -0.2) is 61.1 Å². The molecule has 8 bridgehead atoms. The number of hydrazine groups is 3. The smallest absolute Gasteiger partial charge is 0.240 e. The lowest BCUT2D eigenvalue weighted by molar-refractivity contribution is -0.118. The zero-order valence-electron chi connectivity index (χ0n) is 37.8. The standard InChI is InChI=1S/C51H61N11O3S/c1-58(2)45-27-15-43(16-28-45)56-57-44-17-29-50(30-18-44)66(64,65)55-32-31-51(63)59-33-3-4-34-60(52)47-21-11-41(12-22-47)38-42-13-25-49(26-14-42)62(54)36-6-5-35-61(53)48-23-9-40(10-24-48)37-39-7-19-46(59)20-8-39/h7-30,55H,3-6,31-38,52-54H2,1-2H3. The highest BCUT2D eigenvalue weighted by atomic mass is 32.2. The summed E-state index contributed by atoms with van der Waals surface area (Å²) in [7, 11) is 0.0302. The number of nitrogens with two attached hydrogens (primary N) is 3. The maximum absolute atomic E-state index is 13.9. The topological polar surface area (TPSA) is 182 Å². The Balaban J connectivity index is 1.01. The van der Waals surface area contributed by atoms with E-state index < -0.39 is 10.0 Å². The molecule has 0 fully saturated rings. The van der Waals surface area contributed by atoms with Gasteiger partial charge in [0.05, 0.1) is 33.3 Å². The molecule has 0 aliphatic carbocycles. The number of nitrogens with one attached hydrogen (secondary N) is 1. The van der Waals surface area contributed by atoms with E-state index in [1.807, 2.05) is 91.8 Å². The van der Waals surface area contributed by atoms with Crippen molar-refractivity contribution in [2.45, 2.75) is 49.8 Å². The summed E-state index contributed by atoms with van der Waals surface area (Å²) in [5.41, 5.74) is 10.4. The van der Waals surface area contributed by atoms with Gasteiger partial charge in [0.2, 0.25) is 15.9 Å². The molecule has 14 nitrogen and oxygen atoms in total. The van der Waals surface area contributed by atoms with Gasteiger partial charge in [-0.25, -0.2) is 30.7 Å². The van der Waals surface area contributed by atoms with E-state index in [0.717, 1.165) is 71.8 Å². The summed E-state index contributed by atoms with van der Waals surface area (Å²) < 4.78 is 29.2. The molecule has 66 heavy (non-hydrogen) atoms. The fourth-order valence-corrected chi connectivity index (χ4v) is 8.75. The van der Waals surface area contributed by atoms with Crippen molar-refractivity contribution in [2.24, 2.45) is 27.8 Å². The molecular formula is C51H61N11O3S. The van der Waals surface area contributed by atoms with Gasteiger partial charge in [-0.05, 0) is 158 Å². The molecule has 15 heteroatoms. The lowest BCUT2D eigenvalue weighted by Gasteiger charge is -2.25. The monoisotopic (exact) mass is 907 g/mol. The highest BCUT2D eigenvalue weighted by molar-refractivity contribution is 7.89. The minimum atomic E-state index is -3.90.